The van der Waals surface area contributed by atoms with Crippen LogP contribution in [0.2, 0.25) is 0 Å². The number of aldehydes is 1. The molecule has 0 aliphatic heterocycles. The molecule has 0 radical (unpaired) electrons. The third-order valence-electron chi connectivity index (χ3n) is 5.21. The van der Waals surface area contributed by atoms with Crippen molar-refractivity contribution < 1.29 is 33.3 Å². The van der Waals surface area contributed by atoms with Crippen LogP contribution in [-0.4, -0.2) is 62.0 Å². The molecule has 1 fully saturated rings. The number of alkyl carbamates (subject to hydrolysis) is 1. The lowest BCUT2D eigenvalue weighted by Crippen LogP contribution is -2.43. The highest BCUT2D eigenvalue weighted by atomic mass is 16.5. The van der Waals surface area contributed by atoms with E-state index >= 15 is 0 Å². The molecule has 3 N–H and O–H groups in total. The van der Waals surface area contributed by atoms with E-state index in [1.54, 1.807) is 12.1 Å². The van der Waals surface area contributed by atoms with Crippen molar-refractivity contribution in [3.8, 4) is 17.2 Å². The van der Waals surface area contributed by atoms with Gasteiger partial charge < -0.3 is 29.6 Å². The van der Waals surface area contributed by atoms with E-state index in [2.05, 4.69) is 20.8 Å². The average Bonchev–Trinajstić information content (AvgIpc) is 3.24. The van der Waals surface area contributed by atoms with Crippen LogP contribution in [0.5, 0.6) is 17.2 Å². The maximum Gasteiger partial charge on any atom is 0.407 e. The van der Waals surface area contributed by atoms with E-state index in [1.165, 1.54) is 20.3 Å². The molecule has 0 saturated heterocycles. The molecule has 1 saturated carbocycles. The van der Waals surface area contributed by atoms with Crippen LogP contribution in [0.4, 0.5) is 10.6 Å². The number of carbonyl (C=O) groups is 3. The van der Waals surface area contributed by atoms with Crippen molar-refractivity contribution in [3.63, 3.8) is 0 Å². The predicted octanol–water partition coefficient (Wildman–Crippen LogP) is 2.64. The quantitative estimate of drug-likeness (QED) is 0.435. The van der Waals surface area contributed by atoms with Crippen molar-refractivity contribution in [2.75, 3.05) is 32.8 Å². The zero-order valence-electron chi connectivity index (χ0n) is 18.8. The fraction of sp³-hybridized carbons (Fsp3) is 0.455. The maximum absolute atomic E-state index is 12.3. The number of methoxy groups -OCH3 is 2. The molecule has 1 aromatic carbocycles. The second-order valence-corrected chi connectivity index (χ2v) is 7.55. The monoisotopic (exact) mass is 460 g/mol. The van der Waals surface area contributed by atoms with Gasteiger partial charge in [0.25, 0.3) is 5.91 Å². The highest BCUT2D eigenvalue weighted by Gasteiger charge is 2.33. The number of aromatic amines is 1. The van der Waals surface area contributed by atoms with Crippen LogP contribution < -0.4 is 24.8 Å². The summed E-state index contributed by atoms with van der Waals surface area (Å²) in [6, 6.07) is 4.86. The molecule has 11 nitrogen and oxygen atoms in total. The first kappa shape index (κ1) is 23.9. The van der Waals surface area contributed by atoms with Crippen molar-refractivity contribution in [2.24, 2.45) is 0 Å². The van der Waals surface area contributed by atoms with Crippen molar-refractivity contribution >= 4 is 24.1 Å². The molecule has 1 aromatic heterocycles. The summed E-state index contributed by atoms with van der Waals surface area (Å²) in [5.41, 5.74) is 1.05. The Morgan fingerprint density at radius 1 is 1.18 bits per heavy atom. The molecule has 178 valence electrons. The van der Waals surface area contributed by atoms with Crippen LogP contribution >= 0.6 is 0 Å². The lowest BCUT2D eigenvalue weighted by molar-refractivity contribution is -0.118. The Hall–Kier alpha value is -3.76. The van der Waals surface area contributed by atoms with E-state index < -0.39 is 12.0 Å². The Bertz CT molecular complexity index is 985. The highest BCUT2D eigenvalue weighted by molar-refractivity contribution is 5.91. The average molecular weight is 460 g/mol. The van der Waals surface area contributed by atoms with Crippen molar-refractivity contribution in [1.82, 2.24) is 15.5 Å². The van der Waals surface area contributed by atoms with Gasteiger partial charge in [0.15, 0.2) is 18.7 Å². The maximum atomic E-state index is 12.3. The van der Waals surface area contributed by atoms with E-state index in [4.69, 9.17) is 18.9 Å². The van der Waals surface area contributed by atoms with Crippen molar-refractivity contribution in [3.05, 3.63) is 29.5 Å². The minimum Gasteiger partial charge on any atom is -0.496 e. The number of anilines is 1. The second-order valence-electron chi connectivity index (χ2n) is 7.55. The first-order valence-corrected chi connectivity index (χ1v) is 10.6. The molecule has 0 atom stereocenters. The molecule has 2 aromatic rings. The summed E-state index contributed by atoms with van der Waals surface area (Å²) in [6.45, 7) is 2.00. The number of hydrogen-bond acceptors (Lipinski definition) is 8. The number of nitrogens with one attached hydrogen (secondary N) is 3. The molecule has 0 unspecified atom stereocenters. The Morgan fingerprint density at radius 2 is 1.94 bits per heavy atom. The topological polar surface area (TPSA) is 141 Å². The Morgan fingerprint density at radius 3 is 2.61 bits per heavy atom. The number of carbonyl (C=O) groups excluding carboxylic acids is 3. The van der Waals surface area contributed by atoms with E-state index in [1.807, 2.05) is 6.92 Å². The summed E-state index contributed by atoms with van der Waals surface area (Å²) in [7, 11) is 2.89. The minimum absolute atomic E-state index is 0.0565. The number of rotatable bonds is 11. The van der Waals surface area contributed by atoms with Gasteiger partial charge in [-0.25, -0.2) is 4.79 Å². The van der Waals surface area contributed by atoms with Gasteiger partial charge >= 0.3 is 6.09 Å². The zero-order chi connectivity index (χ0) is 23.8. The molecule has 1 heterocycles. The van der Waals surface area contributed by atoms with Gasteiger partial charge in [-0.2, -0.15) is 5.10 Å². The third kappa shape index (κ3) is 6.15. The first-order chi connectivity index (χ1) is 16.0. The van der Waals surface area contributed by atoms with Crippen LogP contribution in [0.1, 0.15) is 48.2 Å². The highest BCUT2D eigenvalue weighted by Crippen LogP contribution is 2.36. The summed E-state index contributed by atoms with van der Waals surface area (Å²) >= 11 is 0. The summed E-state index contributed by atoms with van der Waals surface area (Å²) in [5, 5.41) is 12.5. The van der Waals surface area contributed by atoms with Crippen molar-refractivity contribution in [1.29, 1.82) is 0 Å². The molecule has 1 aliphatic carbocycles. The van der Waals surface area contributed by atoms with Crippen LogP contribution in [0.15, 0.2) is 18.2 Å². The van der Waals surface area contributed by atoms with Gasteiger partial charge in [-0.1, -0.05) is 6.92 Å². The zero-order valence-corrected chi connectivity index (χ0v) is 18.8. The van der Waals surface area contributed by atoms with Gasteiger partial charge in [0.05, 0.1) is 26.4 Å². The van der Waals surface area contributed by atoms with E-state index in [-0.39, 0.29) is 35.6 Å². The van der Waals surface area contributed by atoms with Gasteiger partial charge in [0, 0.05) is 35.9 Å². The Kier molecular flexibility index (Phi) is 8.11. The summed E-state index contributed by atoms with van der Waals surface area (Å²) < 4.78 is 20.9. The molecule has 0 spiro atoms. The van der Waals surface area contributed by atoms with E-state index in [0.29, 0.717) is 24.5 Å². The van der Waals surface area contributed by atoms with E-state index in [9.17, 15) is 14.4 Å². The molecule has 11 heteroatoms. The number of hydrogen-bond donors (Lipinski definition) is 3. The fourth-order valence-electron chi connectivity index (χ4n) is 3.42. The minimum atomic E-state index is -0.446. The smallest absolute Gasteiger partial charge is 0.407 e. The van der Waals surface area contributed by atoms with E-state index in [0.717, 1.165) is 25.0 Å². The summed E-state index contributed by atoms with van der Waals surface area (Å²) in [6.07, 6.45) is 2.48. The molecule has 2 amide bonds. The molecular weight excluding hydrogens is 432 g/mol. The molecule has 1 aliphatic rings. The van der Waals surface area contributed by atoms with Crippen LogP contribution in [0.3, 0.4) is 0 Å². The van der Waals surface area contributed by atoms with Gasteiger partial charge in [0.2, 0.25) is 0 Å². The molecule has 3 rings (SSSR count). The predicted molar refractivity (Wildman–Crippen MR) is 118 cm³/mol. The number of amides is 2. The van der Waals surface area contributed by atoms with Gasteiger partial charge in [-0.05, 0) is 19.3 Å². The third-order valence-corrected chi connectivity index (χ3v) is 5.21. The van der Waals surface area contributed by atoms with Crippen molar-refractivity contribution in [2.45, 2.75) is 38.1 Å². The first-order valence-electron chi connectivity index (χ1n) is 10.6. The Labute approximate surface area is 191 Å². The number of ether oxygens (including phenoxy) is 4. The molecule has 0 bridgehead atoms. The second kappa shape index (κ2) is 11.2. The lowest BCUT2D eigenvalue weighted by atomic mass is 9.78. The summed E-state index contributed by atoms with van der Waals surface area (Å²) in [5.74, 6) is 0.995. The van der Waals surface area contributed by atoms with Gasteiger partial charge in [0.1, 0.15) is 17.2 Å². The van der Waals surface area contributed by atoms with Gasteiger partial charge in [-0.3, -0.25) is 14.7 Å². The lowest BCUT2D eigenvalue weighted by Gasteiger charge is -2.34. The number of nitrogens with zero attached hydrogens (tertiary/aromatic N) is 1. The molecule has 33 heavy (non-hydrogen) atoms. The number of aromatic nitrogens is 2. The largest absolute Gasteiger partial charge is 0.496 e. The number of H-pyrrole nitrogens is 1. The van der Waals surface area contributed by atoms with Gasteiger partial charge in [-0.15, -0.1) is 0 Å². The Balaban J connectivity index is 1.49. The van der Waals surface area contributed by atoms with Crippen LogP contribution in [0, 0.1) is 0 Å². The summed E-state index contributed by atoms with van der Waals surface area (Å²) in [4.78, 5) is 35.3. The normalized spacial score (nSPS) is 16.8. The SMILES string of the molecule is CCCOC(=O)NC1CC(c2cc(NC(=O)COc3cc(OC)cc(OC)c3C=O)n[nH]2)C1. The van der Waals surface area contributed by atoms with Crippen LogP contribution in [0.25, 0.3) is 0 Å². The van der Waals surface area contributed by atoms with Crippen LogP contribution in [-0.2, 0) is 9.53 Å². The number of benzene rings is 1. The standard InChI is InChI=1S/C22H28N4O7/c1-4-5-32-22(29)23-14-6-13(7-14)17-10-20(26-25-17)24-21(28)12-33-19-9-15(30-2)8-18(31-3)16(19)11-27/h8-11,13-14H,4-7,12H2,1-3H3,(H,23,29)(H2,24,25,26,28). The molecular formula is C22H28N4O7. The fourth-order valence-corrected chi connectivity index (χ4v) is 3.42.